The first-order chi connectivity index (χ1) is 13.1. The number of nitrogens with zero attached hydrogens (tertiary/aromatic N) is 2. The fourth-order valence-corrected chi connectivity index (χ4v) is 5.04. The second-order valence-corrected chi connectivity index (χ2v) is 8.09. The molecule has 2 aliphatic heterocycles. The Hall–Kier alpha value is -2.19. The number of thiophene rings is 1. The van der Waals surface area contributed by atoms with Crippen molar-refractivity contribution in [3.8, 4) is 0 Å². The molecule has 0 aromatic carbocycles. The van der Waals surface area contributed by atoms with Crippen LogP contribution < -0.4 is 11.1 Å². The summed E-state index contributed by atoms with van der Waals surface area (Å²) in [5, 5.41) is 3.41. The van der Waals surface area contributed by atoms with Gasteiger partial charge in [0.2, 0.25) is 5.91 Å². The zero-order chi connectivity index (χ0) is 19.0. The summed E-state index contributed by atoms with van der Waals surface area (Å²) in [5.41, 5.74) is 7.47. The second kappa shape index (κ2) is 7.44. The molecule has 144 valence electrons. The number of ether oxygens (including phenoxy) is 1. The van der Waals surface area contributed by atoms with E-state index < -0.39 is 0 Å². The third-order valence-corrected chi connectivity index (χ3v) is 6.61. The van der Waals surface area contributed by atoms with Crippen LogP contribution >= 0.6 is 11.3 Å². The molecule has 0 bridgehead atoms. The van der Waals surface area contributed by atoms with Gasteiger partial charge in [0.05, 0.1) is 17.4 Å². The number of likely N-dealkylation sites (tertiary alicyclic amines) is 1. The lowest BCUT2D eigenvalue weighted by Crippen LogP contribution is -2.38. The molecule has 4 rings (SSSR count). The van der Waals surface area contributed by atoms with Crippen LogP contribution in [-0.2, 0) is 9.53 Å². The summed E-state index contributed by atoms with van der Waals surface area (Å²) >= 11 is 1.30. The fourth-order valence-electron chi connectivity index (χ4n) is 4.00. The number of fused-ring (bicyclic) bond motifs is 1. The van der Waals surface area contributed by atoms with Gasteiger partial charge in [0.15, 0.2) is 0 Å². The number of carbonyl (C=O) groups excluding carboxylic acids is 2. The highest BCUT2D eigenvalue weighted by molar-refractivity contribution is 7.21. The molecule has 0 saturated carbocycles. The Bertz CT molecular complexity index is 875. The van der Waals surface area contributed by atoms with Gasteiger partial charge in [0.1, 0.15) is 9.71 Å². The maximum absolute atomic E-state index is 13.0. The van der Waals surface area contributed by atoms with Gasteiger partial charge in [-0.25, -0.2) is 4.98 Å². The van der Waals surface area contributed by atoms with E-state index >= 15 is 0 Å². The number of carbonyl (C=O) groups is 2. The monoisotopic (exact) mass is 388 g/mol. The lowest BCUT2D eigenvalue weighted by Gasteiger charge is -2.30. The van der Waals surface area contributed by atoms with Crippen LogP contribution in [0.4, 0.5) is 5.69 Å². The third kappa shape index (κ3) is 3.27. The van der Waals surface area contributed by atoms with Crippen molar-refractivity contribution in [2.75, 3.05) is 32.5 Å². The number of nitrogens with one attached hydrogen (secondary N) is 1. The molecule has 1 atom stereocenters. The first-order valence-corrected chi connectivity index (χ1v) is 10.2. The number of rotatable bonds is 3. The van der Waals surface area contributed by atoms with Crippen LogP contribution in [0.15, 0.2) is 12.1 Å². The summed E-state index contributed by atoms with van der Waals surface area (Å²) < 4.78 is 5.39. The number of pyridine rings is 1. The van der Waals surface area contributed by atoms with Crippen molar-refractivity contribution in [1.29, 1.82) is 0 Å². The van der Waals surface area contributed by atoms with Crippen LogP contribution in [0.1, 0.15) is 47.1 Å². The Morgan fingerprint density at radius 2 is 2.07 bits per heavy atom. The summed E-state index contributed by atoms with van der Waals surface area (Å²) in [6, 6.07) is 3.86. The highest BCUT2D eigenvalue weighted by Gasteiger charge is 2.35. The van der Waals surface area contributed by atoms with E-state index in [1.165, 1.54) is 11.3 Å². The maximum Gasteiger partial charge on any atom is 0.263 e. The number of hydrogen-bond donors (Lipinski definition) is 2. The number of aromatic nitrogens is 1. The summed E-state index contributed by atoms with van der Waals surface area (Å²) in [6.45, 7) is 2.10. The summed E-state index contributed by atoms with van der Waals surface area (Å²) in [4.78, 5) is 33.0. The quantitative estimate of drug-likeness (QED) is 0.841. The Balaban J connectivity index is 1.62. The topological polar surface area (TPSA) is 97.5 Å². The van der Waals surface area contributed by atoms with E-state index in [9.17, 15) is 9.59 Å². The molecule has 0 aliphatic carbocycles. The third-order valence-electron chi connectivity index (χ3n) is 5.50. The van der Waals surface area contributed by atoms with Crippen LogP contribution in [0, 0.1) is 5.92 Å². The SMILES string of the molecule is CNC(=O)c1sc2nc([C@H]3CCCN3C(=O)C3CCOCC3)ccc2c1N. The minimum atomic E-state index is -0.200. The predicted molar refractivity (Wildman–Crippen MR) is 105 cm³/mol. The Morgan fingerprint density at radius 1 is 1.30 bits per heavy atom. The van der Waals surface area contributed by atoms with Gasteiger partial charge in [-0.2, -0.15) is 0 Å². The van der Waals surface area contributed by atoms with Gasteiger partial charge in [-0.3, -0.25) is 9.59 Å². The Labute approximate surface area is 161 Å². The van der Waals surface area contributed by atoms with Gasteiger partial charge in [-0.15, -0.1) is 11.3 Å². The number of anilines is 1. The van der Waals surface area contributed by atoms with E-state index in [0.29, 0.717) is 23.8 Å². The van der Waals surface area contributed by atoms with Crippen molar-refractivity contribution in [3.63, 3.8) is 0 Å². The van der Waals surface area contributed by atoms with Crippen LogP contribution in [0.25, 0.3) is 10.2 Å². The highest BCUT2D eigenvalue weighted by atomic mass is 32.1. The molecule has 3 N–H and O–H groups in total. The fraction of sp³-hybridized carbons (Fsp3) is 0.526. The van der Waals surface area contributed by atoms with Gasteiger partial charge in [0, 0.05) is 38.1 Å². The first kappa shape index (κ1) is 18.2. The van der Waals surface area contributed by atoms with Gasteiger partial charge < -0.3 is 20.7 Å². The molecular weight excluding hydrogens is 364 g/mol. The number of nitrogens with two attached hydrogens (primary N) is 1. The number of amides is 2. The predicted octanol–water partition coefficient (Wildman–Crippen LogP) is 2.33. The summed E-state index contributed by atoms with van der Waals surface area (Å²) in [5.74, 6) is 0.0778. The minimum Gasteiger partial charge on any atom is -0.397 e. The van der Waals surface area contributed by atoms with Crippen molar-refractivity contribution in [2.24, 2.45) is 5.92 Å². The summed E-state index contributed by atoms with van der Waals surface area (Å²) in [6.07, 6.45) is 3.49. The molecule has 7 nitrogen and oxygen atoms in total. The lowest BCUT2D eigenvalue weighted by molar-refractivity contribution is -0.139. The zero-order valence-corrected chi connectivity index (χ0v) is 16.2. The zero-order valence-electron chi connectivity index (χ0n) is 15.4. The van der Waals surface area contributed by atoms with Crippen LogP contribution in [0.3, 0.4) is 0 Å². The van der Waals surface area contributed by atoms with Gasteiger partial charge in [-0.05, 0) is 37.8 Å². The van der Waals surface area contributed by atoms with Gasteiger partial charge in [0.25, 0.3) is 5.91 Å². The molecule has 2 fully saturated rings. The van der Waals surface area contributed by atoms with Crippen molar-refractivity contribution in [1.82, 2.24) is 15.2 Å². The standard InChI is InChI=1S/C19H24N4O3S/c1-21-17(24)16-15(20)12-4-5-13(22-18(12)27-16)14-3-2-8-23(14)19(25)11-6-9-26-10-7-11/h4-5,11,14H,2-3,6-10,20H2,1H3,(H,21,24)/t14-/m1/s1. The van der Waals surface area contributed by atoms with E-state index in [1.807, 2.05) is 17.0 Å². The van der Waals surface area contributed by atoms with Crippen molar-refractivity contribution >= 4 is 39.1 Å². The van der Waals surface area contributed by atoms with Crippen LogP contribution in [-0.4, -0.2) is 48.5 Å². The van der Waals surface area contributed by atoms with Crippen LogP contribution in [0.5, 0.6) is 0 Å². The molecule has 2 amide bonds. The molecular formula is C19H24N4O3S. The molecule has 2 aromatic rings. The number of hydrogen-bond acceptors (Lipinski definition) is 6. The molecule has 27 heavy (non-hydrogen) atoms. The van der Waals surface area contributed by atoms with Gasteiger partial charge in [-0.1, -0.05) is 0 Å². The Kier molecular flexibility index (Phi) is 5.01. The number of nitrogen functional groups attached to an aromatic ring is 1. The molecule has 2 saturated heterocycles. The summed E-state index contributed by atoms with van der Waals surface area (Å²) in [7, 11) is 1.59. The smallest absolute Gasteiger partial charge is 0.263 e. The molecule has 0 unspecified atom stereocenters. The normalized spacial score (nSPS) is 20.9. The first-order valence-electron chi connectivity index (χ1n) is 9.39. The maximum atomic E-state index is 13.0. The van der Waals surface area contributed by atoms with Crippen LogP contribution in [0.2, 0.25) is 0 Å². The molecule has 4 heterocycles. The second-order valence-electron chi connectivity index (χ2n) is 7.09. The van der Waals surface area contributed by atoms with E-state index in [0.717, 1.165) is 48.1 Å². The molecule has 8 heteroatoms. The molecule has 0 radical (unpaired) electrons. The van der Waals surface area contributed by atoms with E-state index in [4.69, 9.17) is 15.5 Å². The van der Waals surface area contributed by atoms with E-state index in [1.54, 1.807) is 7.05 Å². The van der Waals surface area contributed by atoms with E-state index in [2.05, 4.69) is 5.32 Å². The average molecular weight is 388 g/mol. The minimum absolute atomic E-state index is 0.00322. The molecule has 2 aliphatic rings. The van der Waals surface area contributed by atoms with Gasteiger partial charge >= 0.3 is 0 Å². The average Bonchev–Trinajstić information content (AvgIpc) is 3.32. The van der Waals surface area contributed by atoms with Crippen molar-refractivity contribution in [2.45, 2.75) is 31.7 Å². The lowest BCUT2D eigenvalue weighted by atomic mass is 9.98. The highest BCUT2D eigenvalue weighted by Crippen LogP contribution is 2.37. The molecule has 2 aromatic heterocycles. The van der Waals surface area contributed by atoms with Crippen molar-refractivity contribution in [3.05, 3.63) is 22.7 Å². The van der Waals surface area contributed by atoms with E-state index in [-0.39, 0.29) is 23.8 Å². The van der Waals surface area contributed by atoms with Crippen molar-refractivity contribution < 1.29 is 14.3 Å². The molecule has 0 spiro atoms. The Morgan fingerprint density at radius 3 is 2.81 bits per heavy atom. The largest absolute Gasteiger partial charge is 0.397 e.